The molecule has 0 amide bonds. The molecule has 0 bridgehead atoms. The Morgan fingerprint density at radius 3 is 2.27 bits per heavy atom. The molecule has 0 aliphatic rings. The molecule has 0 saturated heterocycles. The number of aryl methyl sites for hydroxylation is 1. The van der Waals surface area contributed by atoms with Crippen LogP contribution in [0, 0.1) is 0 Å². The molecule has 0 atom stereocenters. The van der Waals surface area contributed by atoms with Crippen LogP contribution in [0.5, 0.6) is 11.5 Å². The van der Waals surface area contributed by atoms with Gasteiger partial charge in [-0.1, -0.05) is 33.1 Å². The highest BCUT2D eigenvalue weighted by atomic mass is 19.1. The van der Waals surface area contributed by atoms with E-state index < -0.39 is 0 Å². The lowest BCUT2D eigenvalue weighted by molar-refractivity contribution is 0.357. The van der Waals surface area contributed by atoms with Crippen molar-refractivity contribution < 1.29 is 18.3 Å². The minimum absolute atomic E-state index is 0. The maximum Gasteiger partial charge on any atom is 0.138 e. The van der Waals surface area contributed by atoms with Crippen molar-refractivity contribution in [1.82, 2.24) is 4.98 Å². The van der Waals surface area contributed by atoms with Crippen LogP contribution in [-0.2, 0) is 6.42 Å². The molecule has 5 nitrogen and oxygen atoms in total. The van der Waals surface area contributed by atoms with Crippen molar-refractivity contribution >= 4 is 0 Å². The lowest BCUT2D eigenvalue weighted by atomic mass is 10.1. The second-order valence-corrected chi connectivity index (χ2v) is 5.60. The zero-order valence-electron chi connectivity index (χ0n) is 16.0. The Hall–Kier alpha value is -2.77. The van der Waals surface area contributed by atoms with Crippen LogP contribution in [0.15, 0.2) is 72.6 Å². The molecule has 168 valence electrons. The van der Waals surface area contributed by atoms with E-state index in [0.29, 0.717) is 12.2 Å². The van der Waals surface area contributed by atoms with Crippen molar-refractivity contribution in [2.45, 2.75) is 27.7 Å². The predicted octanol–water partition coefficient (Wildman–Crippen LogP) is 4.98. The van der Waals surface area contributed by atoms with Gasteiger partial charge in [-0.3, -0.25) is 4.98 Å². The Bertz CT molecular complexity index is 738. The van der Waals surface area contributed by atoms with Crippen molar-refractivity contribution in [3.63, 3.8) is 0 Å². The number of hydrogen-bond acceptors (Lipinski definition) is 5. The number of pyridine rings is 1. The number of allylic oxidation sites excluding steroid dienone is 1. The first-order valence-electron chi connectivity index (χ1n) is 8.84. The number of hydrogen-bond donors (Lipinski definition) is 2. The van der Waals surface area contributed by atoms with Crippen LogP contribution < -0.4 is 20.9 Å². The van der Waals surface area contributed by atoms with Crippen molar-refractivity contribution in [1.29, 1.82) is 0 Å². The van der Waals surface area contributed by atoms with Gasteiger partial charge in [0.2, 0.25) is 0 Å². The van der Waals surface area contributed by atoms with E-state index in [1.807, 2.05) is 24.3 Å². The van der Waals surface area contributed by atoms with E-state index in [1.54, 1.807) is 31.6 Å². The van der Waals surface area contributed by atoms with E-state index in [2.05, 4.69) is 4.98 Å². The summed E-state index contributed by atoms with van der Waals surface area (Å²) in [6.45, 7) is 0.0727. The summed E-state index contributed by atoms with van der Waals surface area (Å²) >= 11 is 0. The Labute approximate surface area is 179 Å². The van der Waals surface area contributed by atoms with Crippen LogP contribution in [-0.4, -0.2) is 31.8 Å². The molecule has 0 unspecified atom stereocenters. The monoisotopic (exact) mass is 423 g/mol. The van der Waals surface area contributed by atoms with E-state index in [1.165, 1.54) is 12.2 Å². The van der Waals surface area contributed by atoms with E-state index in [-0.39, 0.29) is 46.2 Å². The SMILES string of the molecule is C.C.COc1cccc(CCC=C(F)CN)c1.NCC(F)=CCOc1cccnc1. The Morgan fingerprint density at radius 1 is 1.00 bits per heavy atom. The summed E-state index contributed by atoms with van der Waals surface area (Å²) in [5, 5.41) is 0. The van der Waals surface area contributed by atoms with E-state index in [0.717, 1.165) is 17.7 Å². The van der Waals surface area contributed by atoms with Gasteiger partial charge in [0.25, 0.3) is 0 Å². The van der Waals surface area contributed by atoms with Crippen LogP contribution in [0.4, 0.5) is 8.78 Å². The van der Waals surface area contributed by atoms with E-state index in [4.69, 9.17) is 20.9 Å². The van der Waals surface area contributed by atoms with Crippen LogP contribution in [0.3, 0.4) is 0 Å². The van der Waals surface area contributed by atoms with Gasteiger partial charge in [-0.25, -0.2) is 8.78 Å². The second-order valence-electron chi connectivity index (χ2n) is 5.60. The second kappa shape index (κ2) is 18.3. The normalized spacial score (nSPS) is 10.7. The van der Waals surface area contributed by atoms with Crippen molar-refractivity contribution in [3.8, 4) is 11.5 Å². The number of methoxy groups -OCH3 is 1. The molecule has 0 spiro atoms. The van der Waals surface area contributed by atoms with Gasteiger partial charge in [0.15, 0.2) is 0 Å². The molecule has 0 saturated carbocycles. The Balaban J connectivity index is 0. The molecule has 0 radical (unpaired) electrons. The highest BCUT2D eigenvalue weighted by Gasteiger charge is 1.96. The number of ether oxygens (including phenoxy) is 2. The van der Waals surface area contributed by atoms with Gasteiger partial charge in [0.05, 0.1) is 13.3 Å². The van der Waals surface area contributed by atoms with Crippen molar-refractivity contribution in [2.24, 2.45) is 11.5 Å². The zero-order chi connectivity index (χ0) is 20.6. The number of nitrogens with zero attached hydrogens (tertiary/aromatic N) is 1. The maximum atomic E-state index is 12.7. The number of halogens is 2. The average Bonchev–Trinajstić information content (AvgIpc) is 2.74. The van der Waals surface area contributed by atoms with Crippen LogP contribution >= 0.6 is 0 Å². The molecule has 0 aliphatic heterocycles. The fourth-order valence-corrected chi connectivity index (χ4v) is 2.05. The van der Waals surface area contributed by atoms with Gasteiger partial charge in [0.1, 0.15) is 29.8 Å². The molecule has 1 aromatic heterocycles. The summed E-state index contributed by atoms with van der Waals surface area (Å²) in [7, 11) is 1.63. The molecule has 2 aromatic rings. The van der Waals surface area contributed by atoms with Gasteiger partial charge in [-0.2, -0.15) is 0 Å². The van der Waals surface area contributed by atoms with Crippen molar-refractivity contribution in [3.05, 3.63) is 78.2 Å². The fourth-order valence-electron chi connectivity index (χ4n) is 2.05. The summed E-state index contributed by atoms with van der Waals surface area (Å²) in [4.78, 5) is 3.84. The topological polar surface area (TPSA) is 83.4 Å². The van der Waals surface area contributed by atoms with Gasteiger partial charge in [0, 0.05) is 19.3 Å². The third-order valence-electron chi connectivity index (χ3n) is 3.51. The Kier molecular flexibility index (Phi) is 17.9. The Morgan fingerprint density at radius 2 is 1.67 bits per heavy atom. The summed E-state index contributed by atoms with van der Waals surface area (Å²) in [5.41, 5.74) is 11.3. The molecule has 4 N–H and O–H groups in total. The summed E-state index contributed by atoms with van der Waals surface area (Å²) in [5.74, 6) is 0.820. The third-order valence-corrected chi connectivity index (χ3v) is 3.51. The minimum atomic E-state index is -0.371. The third kappa shape index (κ3) is 13.4. The molecule has 7 heteroatoms. The van der Waals surface area contributed by atoms with Crippen LogP contribution in [0.2, 0.25) is 0 Å². The smallest absolute Gasteiger partial charge is 0.138 e. The largest absolute Gasteiger partial charge is 0.497 e. The molecule has 30 heavy (non-hydrogen) atoms. The first kappa shape index (κ1) is 29.4. The lowest BCUT2D eigenvalue weighted by Crippen LogP contribution is -2.01. The summed E-state index contributed by atoms with van der Waals surface area (Å²) in [6.07, 6.45) is 7.49. The fraction of sp³-hybridized carbons (Fsp3) is 0.348. The number of benzene rings is 1. The van der Waals surface area contributed by atoms with Gasteiger partial charge in [-0.05, 0) is 48.7 Å². The summed E-state index contributed by atoms with van der Waals surface area (Å²) in [6, 6.07) is 11.3. The van der Waals surface area contributed by atoms with Crippen LogP contribution in [0.1, 0.15) is 26.8 Å². The van der Waals surface area contributed by atoms with Crippen molar-refractivity contribution in [2.75, 3.05) is 26.8 Å². The lowest BCUT2D eigenvalue weighted by Gasteiger charge is -2.02. The molecular weight excluding hydrogens is 388 g/mol. The van der Waals surface area contributed by atoms with Gasteiger partial charge >= 0.3 is 0 Å². The number of nitrogens with two attached hydrogens (primary N) is 2. The summed E-state index contributed by atoms with van der Waals surface area (Å²) < 4.78 is 35.4. The highest BCUT2D eigenvalue weighted by molar-refractivity contribution is 5.28. The highest BCUT2D eigenvalue weighted by Crippen LogP contribution is 2.14. The maximum absolute atomic E-state index is 12.7. The molecule has 1 heterocycles. The quantitative estimate of drug-likeness (QED) is 0.594. The number of aromatic nitrogens is 1. The zero-order valence-corrected chi connectivity index (χ0v) is 16.0. The number of rotatable bonds is 9. The van der Waals surface area contributed by atoms with E-state index >= 15 is 0 Å². The van der Waals surface area contributed by atoms with E-state index in [9.17, 15) is 8.78 Å². The van der Waals surface area contributed by atoms with Crippen LogP contribution in [0.25, 0.3) is 0 Å². The molecular formula is C23H35F2N3O2. The van der Waals surface area contributed by atoms with Gasteiger partial charge < -0.3 is 20.9 Å². The molecule has 0 aliphatic carbocycles. The standard InChI is InChI=1S/C12H16FNO.C9H11FN2O.2CH4/c1-15-12-7-3-5-10(8-12)4-2-6-11(13)9-14;10-8(6-11)3-5-13-9-2-1-4-12-7-9;;/h3,5-8H,2,4,9,14H2,1H3;1-4,7H,5-6,11H2;2*1H4. The van der Waals surface area contributed by atoms with Gasteiger partial charge in [-0.15, -0.1) is 0 Å². The minimum Gasteiger partial charge on any atom is -0.497 e. The first-order chi connectivity index (χ1) is 13.6. The molecule has 0 fully saturated rings. The molecule has 2 rings (SSSR count). The predicted molar refractivity (Wildman–Crippen MR) is 121 cm³/mol. The first-order valence-corrected chi connectivity index (χ1v) is 8.84. The average molecular weight is 424 g/mol. The molecule has 1 aromatic carbocycles.